The highest BCUT2D eigenvalue weighted by molar-refractivity contribution is 5.91. The van der Waals surface area contributed by atoms with Crippen LogP contribution in [0, 0.1) is 0 Å². The van der Waals surface area contributed by atoms with Gasteiger partial charge >= 0.3 is 12.4 Å². The molecule has 15 heteroatoms. The lowest BCUT2D eigenvalue weighted by Crippen LogP contribution is -2.35. The smallest absolute Gasteiger partial charge is 0.339 e. The van der Waals surface area contributed by atoms with E-state index in [-0.39, 0.29) is 46.2 Å². The predicted molar refractivity (Wildman–Crippen MR) is 136 cm³/mol. The number of alkyl halides is 6. The highest BCUT2D eigenvalue weighted by Crippen LogP contribution is 2.34. The molecule has 3 aromatic heterocycles. The summed E-state index contributed by atoms with van der Waals surface area (Å²) < 4.78 is 80.5. The lowest BCUT2D eigenvalue weighted by Gasteiger charge is -2.28. The lowest BCUT2D eigenvalue weighted by atomic mass is 10.1. The van der Waals surface area contributed by atoms with E-state index in [2.05, 4.69) is 30.6 Å². The Kier molecular flexibility index (Phi) is 6.16. The molecular formula is C26H18F6N8O. The summed E-state index contributed by atoms with van der Waals surface area (Å²) in [4.78, 5) is 26.0. The molecule has 2 N–H and O–H groups in total. The third-order valence-electron chi connectivity index (χ3n) is 6.59. The van der Waals surface area contributed by atoms with Crippen molar-refractivity contribution in [3.05, 3.63) is 88.0 Å². The SMILES string of the molecule is O=c1[nH]ccc2nc(N3CCn4nnc(-c5cccc(C(F)(F)F)c5)c4C3)nc(Nc3ccc(C(F)(F)F)cc3)c12. The summed E-state index contributed by atoms with van der Waals surface area (Å²) in [5.41, 5.74) is -0.530. The van der Waals surface area contributed by atoms with Gasteiger partial charge in [0.05, 0.1) is 35.4 Å². The summed E-state index contributed by atoms with van der Waals surface area (Å²) >= 11 is 0. The van der Waals surface area contributed by atoms with Crippen molar-refractivity contribution >= 4 is 28.4 Å². The Morgan fingerprint density at radius 2 is 1.63 bits per heavy atom. The maximum Gasteiger partial charge on any atom is 0.416 e. The molecule has 0 bridgehead atoms. The minimum Gasteiger partial charge on any atom is -0.339 e. The van der Waals surface area contributed by atoms with Gasteiger partial charge in [-0.25, -0.2) is 9.67 Å². The molecule has 6 rings (SSSR count). The minimum atomic E-state index is -4.53. The van der Waals surface area contributed by atoms with Crippen LogP contribution in [0.4, 0.5) is 43.8 Å². The average molecular weight is 572 g/mol. The number of hydrogen-bond donors (Lipinski definition) is 2. The summed E-state index contributed by atoms with van der Waals surface area (Å²) in [5, 5.41) is 11.2. The van der Waals surface area contributed by atoms with Crippen LogP contribution in [0.2, 0.25) is 0 Å². The molecule has 0 saturated heterocycles. The molecule has 2 aromatic carbocycles. The van der Waals surface area contributed by atoms with Crippen molar-refractivity contribution in [1.82, 2.24) is 29.9 Å². The summed E-state index contributed by atoms with van der Waals surface area (Å²) in [7, 11) is 0. The van der Waals surface area contributed by atoms with Gasteiger partial charge in [-0.2, -0.15) is 31.3 Å². The highest BCUT2D eigenvalue weighted by Gasteiger charge is 2.32. The average Bonchev–Trinajstić information content (AvgIpc) is 3.36. The van der Waals surface area contributed by atoms with Crippen LogP contribution in [0.1, 0.15) is 16.8 Å². The van der Waals surface area contributed by atoms with E-state index in [0.29, 0.717) is 18.8 Å². The Bertz CT molecular complexity index is 1810. The molecule has 1 aliphatic rings. The number of nitrogens with one attached hydrogen (secondary N) is 2. The van der Waals surface area contributed by atoms with E-state index >= 15 is 0 Å². The molecule has 0 radical (unpaired) electrons. The third-order valence-corrected chi connectivity index (χ3v) is 6.59. The third kappa shape index (κ3) is 5.05. The Hall–Kier alpha value is -4.95. The molecular weight excluding hydrogens is 554 g/mol. The van der Waals surface area contributed by atoms with Crippen LogP contribution >= 0.6 is 0 Å². The topological polar surface area (TPSA) is 105 Å². The minimum absolute atomic E-state index is 0.0712. The fourth-order valence-corrected chi connectivity index (χ4v) is 4.57. The molecule has 0 unspecified atom stereocenters. The van der Waals surface area contributed by atoms with Crippen molar-refractivity contribution in [1.29, 1.82) is 0 Å². The molecule has 0 atom stereocenters. The van der Waals surface area contributed by atoms with Crippen LogP contribution in [-0.4, -0.2) is 36.5 Å². The van der Waals surface area contributed by atoms with E-state index in [4.69, 9.17) is 0 Å². The van der Waals surface area contributed by atoms with E-state index < -0.39 is 29.0 Å². The molecule has 0 aliphatic carbocycles. The number of benzene rings is 2. The van der Waals surface area contributed by atoms with Gasteiger partial charge in [0.2, 0.25) is 5.95 Å². The molecule has 4 heterocycles. The number of H-pyrrole nitrogens is 1. The standard InChI is InChI=1S/C26H18F6N8O/c27-25(28,29)15-4-6-17(7-5-15)34-22-20-18(8-9-33-23(20)41)35-24(36-22)39-10-11-40-19(13-39)21(37-38-40)14-2-1-3-16(12-14)26(30,31)32/h1-9,12H,10-11,13H2,(H,33,41)(H,34,35,36). The van der Waals surface area contributed by atoms with Crippen molar-refractivity contribution in [3.8, 4) is 11.3 Å². The Balaban J connectivity index is 1.36. The van der Waals surface area contributed by atoms with Crippen molar-refractivity contribution in [3.63, 3.8) is 0 Å². The van der Waals surface area contributed by atoms with Crippen molar-refractivity contribution in [2.75, 3.05) is 16.8 Å². The van der Waals surface area contributed by atoms with E-state index in [0.717, 1.165) is 24.3 Å². The first-order chi connectivity index (χ1) is 19.5. The second-order valence-corrected chi connectivity index (χ2v) is 9.25. The fourth-order valence-electron chi connectivity index (χ4n) is 4.57. The Labute approximate surface area is 226 Å². The monoisotopic (exact) mass is 572 g/mol. The first kappa shape index (κ1) is 26.3. The second-order valence-electron chi connectivity index (χ2n) is 9.25. The van der Waals surface area contributed by atoms with Gasteiger partial charge in [0.15, 0.2) is 0 Å². The molecule has 210 valence electrons. The van der Waals surface area contributed by atoms with Gasteiger partial charge in [0, 0.05) is 24.0 Å². The van der Waals surface area contributed by atoms with E-state index in [1.54, 1.807) is 15.6 Å². The van der Waals surface area contributed by atoms with Crippen molar-refractivity contribution < 1.29 is 26.3 Å². The Morgan fingerprint density at radius 3 is 2.37 bits per heavy atom. The Morgan fingerprint density at radius 1 is 0.878 bits per heavy atom. The molecule has 0 spiro atoms. The van der Waals surface area contributed by atoms with Gasteiger partial charge in [-0.1, -0.05) is 17.3 Å². The number of pyridine rings is 1. The maximum atomic E-state index is 13.3. The van der Waals surface area contributed by atoms with Crippen LogP contribution < -0.4 is 15.8 Å². The summed E-state index contributed by atoms with van der Waals surface area (Å²) in [5.74, 6) is 0.266. The predicted octanol–water partition coefficient (Wildman–Crippen LogP) is 5.38. The number of fused-ring (bicyclic) bond motifs is 2. The first-order valence-corrected chi connectivity index (χ1v) is 12.2. The van der Waals surface area contributed by atoms with Gasteiger partial charge in [0.1, 0.15) is 16.9 Å². The van der Waals surface area contributed by atoms with Crippen LogP contribution in [0.15, 0.2) is 65.6 Å². The van der Waals surface area contributed by atoms with E-state index in [9.17, 15) is 31.1 Å². The summed E-state index contributed by atoms with van der Waals surface area (Å²) in [6, 6.07) is 10.6. The van der Waals surface area contributed by atoms with Gasteiger partial charge < -0.3 is 15.2 Å². The number of rotatable bonds is 4. The van der Waals surface area contributed by atoms with Crippen molar-refractivity contribution in [2.24, 2.45) is 0 Å². The number of halogens is 6. The van der Waals surface area contributed by atoms with Crippen molar-refractivity contribution in [2.45, 2.75) is 25.4 Å². The first-order valence-electron chi connectivity index (χ1n) is 12.2. The van der Waals surface area contributed by atoms with Gasteiger partial charge in [-0.05, 0) is 42.5 Å². The quantitative estimate of drug-likeness (QED) is 0.279. The van der Waals surface area contributed by atoms with Crippen LogP contribution in [0.5, 0.6) is 0 Å². The normalized spacial score (nSPS) is 13.9. The summed E-state index contributed by atoms with van der Waals surface area (Å²) in [6.45, 7) is 0.847. The van der Waals surface area contributed by atoms with Crippen LogP contribution in [0.3, 0.4) is 0 Å². The zero-order valence-electron chi connectivity index (χ0n) is 20.8. The largest absolute Gasteiger partial charge is 0.416 e. The maximum absolute atomic E-state index is 13.3. The molecule has 0 saturated carbocycles. The van der Waals surface area contributed by atoms with Crippen LogP contribution in [-0.2, 0) is 25.4 Å². The number of hydrogen-bond acceptors (Lipinski definition) is 7. The fraction of sp³-hybridized carbons (Fsp3) is 0.192. The molecule has 41 heavy (non-hydrogen) atoms. The zero-order valence-corrected chi connectivity index (χ0v) is 20.8. The lowest BCUT2D eigenvalue weighted by molar-refractivity contribution is -0.138. The summed E-state index contributed by atoms with van der Waals surface area (Å²) in [6.07, 6.45) is -7.63. The molecule has 5 aromatic rings. The molecule has 9 nitrogen and oxygen atoms in total. The number of aromatic amines is 1. The number of nitrogens with zero attached hydrogens (tertiary/aromatic N) is 6. The van der Waals surface area contributed by atoms with Crippen LogP contribution in [0.25, 0.3) is 22.2 Å². The number of anilines is 3. The van der Waals surface area contributed by atoms with Gasteiger partial charge in [-0.15, -0.1) is 5.10 Å². The molecule has 1 aliphatic heterocycles. The van der Waals surface area contributed by atoms with E-state index in [1.807, 2.05) is 0 Å². The molecule has 0 fully saturated rings. The van der Waals surface area contributed by atoms with Gasteiger partial charge in [-0.3, -0.25) is 4.79 Å². The van der Waals surface area contributed by atoms with E-state index in [1.165, 1.54) is 30.5 Å². The zero-order chi connectivity index (χ0) is 28.9. The molecule has 0 amide bonds. The van der Waals surface area contributed by atoms with Gasteiger partial charge in [0.25, 0.3) is 5.56 Å². The number of aromatic nitrogens is 6. The second kappa shape index (κ2) is 9.60. The highest BCUT2D eigenvalue weighted by atomic mass is 19.4.